The Balaban J connectivity index is 1.25. The van der Waals surface area contributed by atoms with Crippen LogP contribution in [-0.2, 0) is 6.54 Å². The van der Waals surface area contributed by atoms with Gasteiger partial charge in [-0.2, -0.15) is 0 Å². The summed E-state index contributed by atoms with van der Waals surface area (Å²) in [6, 6.07) is 16.8. The molecule has 164 valence electrons. The number of nitrogens with zero attached hydrogens (tertiary/aromatic N) is 1. The van der Waals surface area contributed by atoms with Gasteiger partial charge in [-0.25, -0.2) is 4.79 Å². The number of hydrogen-bond acceptors (Lipinski definition) is 3. The molecule has 4 rings (SSSR count). The second-order valence-corrected chi connectivity index (χ2v) is 9.17. The molecule has 4 nitrogen and oxygen atoms in total. The number of piperidine rings is 1. The minimum atomic E-state index is -0.941. The van der Waals surface area contributed by atoms with E-state index in [0.717, 1.165) is 44.5 Å². The third kappa shape index (κ3) is 5.76. The average Bonchev–Trinajstić information content (AvgIpc) is 3.54. The number of carboxylic acids is 1. The Labute approximate surface area is 189 Å². The maximum Gasteiger partial charge on any atom is 0.335 e. The van der Waals surface area contributed by atoms with Gasteiger partial charge < -0.3 is 10.4 Å². The molecule has 2 aromatic rings. The predicted molar refractivity (Wildman–Crippen MR) is 126 cm³/mol. The Morgan fingerprint density at radius 1 is 1.19 bits per heavy atom. The molecule has 2 atom stereocenters. The minimum absolute atomic E-state index is 0.239. The number of carbonyl (C=O) groups is 1. The van der Waals surface area contributed by atoms with E-state index in [4.69, 9.17) is 16.7 Å². The highest BCUT2D eigenvalue weighted by molar-refractivity contribution is 6.31. The number of carboxylic acid groups (broad SMARTS) is 1. The molecule has 1 heterocycles. The third-order valence-electron chi connectivity index (χ3n) is 6.56. The van der Waals surface area contributed by atoms with Gasteiger partial charge in [-0.15, -0.1) is 0 Å². The van der Waals surface area contributed by atoms with Crippen LogP contribution in [0.2, 0.25) is 5.02 Å². The monoisotopic (exact) mass is 438 g/mol. The molecule has 0 spiro atoms. The predicted octanol–water partition coefficient (Wildman–Crippen LogP) is 5.47. The smallest absolute Gasteiger partial charge is 0.335 e. The van der Waals surface area contributed by atoms with Gasteiger partial charge in [0.05, 0.1) is 5.56 Å². The van der Waals surface area contributed by atoms with Gasteiger partial charge in [-0.1, -0.05) is 66.6 Å². The van der Waals surface area contributed by atoms with Crippen LogP contribution in [0.1, 0.15) is 54.1 Å². The Morgan fingerprint density at radius 3 is 2.58 bits per heavy atom. The van der Waals surface area contributed by atoms with E-state index in [2.05, 4.69) is 53.5 Å². The van der Waals surface area contributed by atoms with E-state index in [1.54, 1.807) is 17.7 Å². The molecule has 1 saturated carbocycles. The lowest BCUT2D eigenvalue weighted by molar-refractivity contribution is 0.0697. The highest BCUT2D eigenvalue weighted by atomic mass is 35.5. The number of nitrogens with one attached hydrogen (secondary N) is 1. The molecule has 1 aliphatic heterocycles. The van der Waals surface area contributed by atoms with Gasteiger partial charge in [-0.3, -0.25) is 4.90 Å². The van der Waals surface area contributed by atoms with Crippen LogP contribution in [0.3, 0.4) is 0 Å². The lowest BCUT2D eigenvalue weighted by Gasteiger charge is -2.33. The number of rotatable bonds is 8. The van der Waals surface area contributed by atoms with Crippen LogP contribution in [0.15, 0.2) is 54.1 Å². The summed E-state index contributed by atoms with van der Waals surface area (Å²) in [4.78, 5) is 13.5. The van der Waals surface area contributed by atoms with Gasteiger partial charge in [0.15, 0.2) is 0 Å². The number of halogens is 1. The van der Waals surface area contributed by atoms with Gasteiger partial charge >= 0.3 is 5.97 Å². The fraction of sp³-hybridized carbons (Fsp3) is 0.423. The first-order valence-electron chi connectivity index (χ1n) is 11.3. The molecule has 0 aromatic heterocycles. The zero-order chi connectivity index (χ0) is 21.8. The standard InChI is InChI=1S/C26H31ClN2O2/c1-2-19(14-18-6-4-3-5-7-18)23-16-25(23)28-22-10-12-29(13-11-22)17-21-9-8-20(26(30)31)15-24(21)27/h3-9,14-15,22-23,25,28H,2,10-13,16-17H2,1H3,(H,30,31)/b19-14+/t23-,25+/m0/s1. The van der Waals surface area contributed by atoms with Gasteiger partial charge in [0.25, 0.3) is 0 Å². The van der Waals surface area contributed by atoms with Gasteiger partial charge in [0.1, 0.15) is 0 Å². The van der Waals surface area contributed by atoms with Crippen molar-refractivity contribution in [1.29, 1.82) is 0 Å². The van der Waals surface area contributed by atoms with Gasteiger partial charge in [0, 0.05) is 23.7 Å². The molecule has 0 radical (unpaired) electrons. The summed E-state index contributed by atoms with van der Waals surface area (Å²) in [5.74, 6) is -0.265. The molecular weight excluding hydrogens is 408 g/mol. The molecule has 1 aliphatic carbocycles. The lowest BCUT2D eigenvalue weighted by atomic mass is 10.0. The second-order valence-electron chi connectivity index (χ2n) is 8.76. The van der Waals surface area contributed by atoms with E-state index in [1.807, 2.05) is 6.07 Å². The zero-order valence-electron chi connectivity index (χ0n) is 18.1. The van der Waals surface area contributed by atoms with Crippen LogP contribution < -0.4 is 5.32 Å². The number of aromatic carboxylic acids is 1. The first kappa shape index (κ1) is 22.1. The van der Waals surface area contributed by atoms with Crippen LogP contribution in [0.5, 0.6) is 0 Å². The van der Waals surface area contributed by atoms with E-state index in [0.29, 0.717) is 23.0 Å². The van der Waals surface area contributed by atoms with Crippen LogP contribution in [0.25, 0.3) is 6.08 Å². The van der Waals surface area contributed by atoms with E-state index in [9.17, 15) is 4.79 Å². The van der Waals surface area contributed by atoms with Crippen molar-refractivity contribution in [2.75, 3.05) is 13.1 Å². The van der Waals surface area contributed by atoms with Crippen LogP contribution in [0.4, 0.5) is 0 Å². The van der Waals surface area contributed by atoms with E-state index >= 15 is 0 Å². The minimum Gasteiger partial charge on any atom is -0.478 e. The Bertz CT molecular complexity index is 936. The highest BCUT2D eigenvalue weighted by Crippen LogP contribution is 2.40. The molecule has 2 N–H and O–H groups in total. The van der Waals surface area contributed by atoms with E-state index in [-0.39, 0.29) is 5.56 Å². The van der Waals surface area contributed by atoms with Crippen LogP contribution in [0, 0.1) is 5.92 Å². The first-order chi connectivity index (χ1) is 15.0. The normalized spacial score (nSPS) is 22.5. The largest absolute Gasteiger partial charge is 0.478 e. The molecule has 1 saturated heterocycles. The van der Waals surface area contributed by atoms with Crippen LogP contribution >= 0.6 is 11.6 Å². The number of likely N-dealkylation sites (tertiary alicyclic amines) is 1. The molecule has 0 amide bonds. The Kier molecular flexibility index (Phi) is 7.11. The quantitative estimate of drug-likeness (QED) is 0.573. The zero-order valence-corrected chi connectivity index (χ0v) is 18.8. The molecule has 31 heavy (non-hydrogen) atoms. The van der Waals surface area contributed by atoms with Crippen molar-refractivity contribution >= 4 is 23.6 Å². The fourth-order valence-corrected chi connectivity index (χ4v) is 4.87. The maximum absolute atomic E-state index is 11.1. The van der Waals surface area contributed by atoms with Crippen molar-refractivity contribution in [1.82, 2.24) is 10.2 Å². The number of benzene rings is 2. The van der Waals surface area contributed by atoms with Crippen molar-refractivity contribution in [2.24, 2.45) is 5.92 Å². The molecular formula is C26H31ClN2O2. The topological polar surface area (TPSA) is 52.6 Å². The molecule has 5 heteroatoms. The molecule has 0 unspecified atom stereocenters. The van der Waals surface area contributed by atoms with E-state index < -0.39 is 5.97 Å². The van der Waals surface area contributed by atoms with Crippen molar-refractivity contribution in [3.8, 4) is 0 Å². The first-order valence-corrected chi connectivity index (χ1v) is 11.7. The Morgan fingerprint density at radius 2 is 1.94 bits per heavy atom. The highest BCUT2D eigenvalue weighted by Gasteiger charge is 2.40. The van der Waals surface area contributed by atoms with Crippen molar-refractivity contribution in [3.63, 3.8) is 0 Å². The van der Waals surface area contributed by atoms with Crippen LogP contribution in [-0.4, -0.2) is 41.1 Å². The molecule has 2 fully saturated rings. The molecule has 0 bridgehead atoms. The summed E-state index contributed by atoms with van der Waals surface area (Å²) < 4.78 is 0. The fourth-order valence-electron chi connectivity index (χ4n) is 4.63. The van der Waals surface area contributed by atoms with E-state index in [1.165, 1.54) is 12.0 Å². The third-order valence-corrected chi connectivity index (χ3v) is 6.91. The summed E-state index contributed by atoms with van der Waals surface area (Å²) in [5.41, 5.74) is 4.09. The van der Waals surface area contributed by atoms with Crippen molar-refractivity contribution in [3.05, 3.63) is 75.8 Å². The van der Waals surface area contributed by atoms with Gasteiger partial charge in [0.2, 0.25) is 0 Å². The van der Waals surface area contributed by atoms with Crippen molar-refractivity contribution in [2.45, 2.75) is 51.2 Å². The molecule has 2 aromatic carbocycles. The Hall–Kier alpha value is -2.14. The average molecular weight is 439 g/mol. The van der Waals surface area contributed by atoms with Gasteiger partial charge in [-0.05, 0) is 68.0 Å². The number of hydrogen-bond donors (Lipinski definition) is 2. The lowest BCUT2D eigenvalue weighted by Crippen LogP contribution is -2.43. The summed E-state index contributed by atoms with van der Waals surface area (Å²) in [7, 11) is 0. The van der Waals surface area contributed by atoms with Crippen molar-refractivity contribution < 1.29 is 9.90 Å². The molecule has 2 aliphatic rings. The maximum atomic E-state index is 11.1. The summed E-state index contributed by atoms with van der Waals surface area (Å²) >= 11 is 6.31. The second kappa shape index (κ2) is 9.99. The summed E-state index contributed by atoms with van der Waals surface area (Å²) in [6.07, 6.45) is 7.00. The summed E-state index contributed by atoms with van der Waals surface area (Å²) in [5, 5.41) is 13.5. The summed E-state index contributed by atoms with van der Waals surface area (Å²) in [6.45, 7) is 5.10. The SMILES string of the molecule is CC/C(=C\c1ccccc1)[C@@H]1C[C@H]1NC1CCN(Cc2ccc(C(=O)O)cc2Cl)CC1.